The van der Waals surface area contributed by atoms with E-state index in [1.807, 2.05) is 6.92 Å². The molecule has 2 saturated carbocycles. The number of aliphatic carboxylic acids is 2. The minimum absolute atomic E-state index is 0.276. The first-order valence-electron chi connectivity index (χ1n) is 8.21. The van der Waals surface area contributed by atoms with E-state index in [9.17, 15) is 19.8 Å². The standard InChI is InChI=1S/C11H18O4.C6H12/c1-7-4-5-10(2,8(12)13)11(3,6-7)9(14)15;1-2-4-6-5-3-1/h7H,4-6H2,1-3H3,(H,12,13)(H,14,15);1-6H2. The number of carboxylic acids is 2. The third-order valence-corrected chi connectivity index (χ3v) is 5.56. The number of hydrogen-bond donors (Lipinski definition) is 2. The predicted octanol–water partition coefficient (Wildman–Crippen LogP) is 4.33. The Balaban J connectivity index is 0.000000304. The van der Waals surface area contributed by atoms with Gasteiger partial charge in [-0.25, -0.2) is 0 Å². The molecule has 0 amide bonds. The molecular weight excluding hydrogens is 268 g/mol. The van der Waals surface area contributed by atoms with Gasteiger partial charge in [0.15, 0.2) is 0 Å². The van der Waals surface area contributed by atoms with Crippen molar-refractivity contribution in [1.29, 1.82) is 0 Å². The molecule has 21 heavy (non-hydrogen) atoms. The SMILES string of the molecule is C1CCCCC1.CC1CCC(C)(C(=O)O)C(C)(C(=O)O)C1. The summed E-state index contributed by atoms with van der Waals surface area (Å²) in [7, 11) is 0. The molecule has 2 N–H and O–H groups in total. The van der Waals surface area contributed by atoms with E-state index in [1.165, 1.54) is 38.5 Å². The molecule has 3 unspecified atom stereocenters. The Morgan fingerprint density at radius 2 is 1.24 bits per heavy atom. The van der Waals surface area contributed by atoms with Crippen molar-refractivity contribution in [2.24, 2.45) is 16.7 Å². The number of carbonyl (C=O) groups is 2. The zero-order valence-corrected chi connectivity index (χ0v) is 13.7. The minimum Gasteiger partial charge on any atom is -0.481 e. The summed E-state index contributed by atoms with van der Waals surface area (Å²) in [5.74, 6) is -1.73. The molecule has 4 nitrogen and oxygen atoms in total. The van der Waals surface area contributed by atoms with Gasteiger partial charge in [-0.15, -0.1) is 0 Å². The maximum Gasteiger partial charge on any atom is 0.310 e. The molecule has 4 heteroatoms. The normalized spacial score (nSPS) is 36.2. The summed E-state index contributed by atoms with van der Waals surface area (Å²) >= 11 is 0. The van der Waals surface area contributed by atoms with E-state index in [0.29, 0.717) is 12.8 Å². The lowest BCUT2D eigenvalue weighted by molar-refractivity contribution is -0.177. The predicted molar refractivity (Wildman–Crippen MR) is 82.2 cm³/mol. The van der Waals surface area contributed by atoms with Crippen LogP contribution in [0.4, 0.5) is 0 Å². The summed E-state index contributed by atoms with van der Waals surface area (Å²) in [5.41, 5.74) is -2.30. The molecule has 0 saturated heterocycles. The Bertz CT molecular complexity index is 363. The maximum absolute atomic E-state index is 11.3. The molecule has 3 atom stereocenters. The Morgan fingerprint density at radius 1 is 0.857 bits per heavy atom. The van der Waals surface area contributed by atoms with Crippen LogP contribution in [-0.4, -0.2) is 22.2 Å². The fourth-order valence-corrected chi connectivity index (χ4v) is 3.56. The lowest BCUT2D eigenvalue weighted by Crippen LogP contribution is -2.52. The largest absolute Gasteiger partial charge is 0.481 e. The lowest BCUT2D eigenvalue weighted by atomic mass is 9.55. The Labute approximate surface area is 127 Å². The van der Waals surface area contributed by atoms with E-state index in [-0.39, 0.29) is 5.92 Å². The monoisotopic (exact) mass is 298 g/mol. The molecule has 0 aliphatic heterocycles. The highest BCUT2D eigenvalue weighted by Gasteiger charge is 2.57. The smallest absolute Gasteiger partial charge is 0.310 e. The van der Waals surface area contributed by atoms with Gasteiger partial charge in [-0.3, -0.25) is 9.59 Å². The molecule has 0 bridgehead atoms. The quantitative estimate of drug-likeness (QED) is 0.795. The van der Waals surface area contributed by atoms with Gasteiger partial charge in [0, 0.05) is 0 Å². The third kappa shape index (κ3) is 3.98. The van der Waals surface area contributed by atoms with Crippen LogP contribution in [0.3, 0.4) is 0 Å². The van der Waals surface area contributed by atoms with Crippen molar-refractivity contribution in [3.8, 4) is 0 Å². The van der Waals surface area contributed by atoms with Crippen LogP contribution in [0.25, 0.3) is 0 Å². The van der Waals surface area contributed by atoms with Crippen LogP contribution in [0.1, 0.15) is 78.6 Å². The molecule has 0 radical (unpaired) electrons. The van der Waals surface area contributed by atoms with Crippen molar-refractivity contribution in [3.63, 3.8) is 0 Å². The first-order chi connectivity index (χ1) is 9.74. The molecule has 2 rings (SSSR count). The van der Waals surface area contributed by atoms with E-state index in [0.717, 1.165) is 6.42 Å². The van der Waals surface area contributed by atoms with Crippen molar-refractivity contribution in [3.05, 3.63) is 0 Å². The molecule has 0 aromatic heterocycles. The number of carboxylic acid groups (broad SMARTS) is 2. The highest BCUT2D eigenvalue weighted by Crippen LogP contribution is 2.52. The van der Waals surface area contributed by atoms with E-state index in [4.69, 9.17) is 0 Å². The molecule has 0 heterocycles. The minimum atomic E-state index is -1.16. The van der Waals surface area contributed by atoms with Crippen LogP contribution < -0.4 is 0 Å². The van der Waals surface area contributed by atoms with Crippen molar-refractivity contribution < 1.29 is 19.8 Å². The summed E-state index contributed by atoms with van der Waals surface area (Å²) in [4.78, 5) is 22.5. The first kappa shape index (κ1) is 18.0. The van der Waals surface area contributed by atoms with E-state index < -0.39 is 22.8 Å². The molecule has 2 fully saturated rings. The topological polar surface area (TPSA) is 74.6 Å². The zero-order valence-electron chi connectivity index (χ0n) is 13.7. The number of rotatable bonds is 2. The summed E-state index contributed by atoms with van der Waals surface area (Å²) in [6.45, 7) is 5.08. The molecule has 2 aliphatic carbocycles. The van der Waals surface area contributed by atoms with E-state index in [2.05, 4.69) is 0 Å². The molecule has 2 aliphatic rings. The van der Waals surface area contributed by atoms with Gasteiger partial charge in [0.05, 0.1) is 10.8 Å². The first-order valence-corrected chi connectivity index (χ1v) is 8.21. The lowest BCUT2D eigenvalue weighted by Gasteiger charge is -2.46. The summed E-state index contributed by atoms with van der Waals surface area (Å²) in [6.07, 6.45) is 10.7. The van der Waals surface area contributed by atoms with Crippen molar-refractivity contribution in [2.75, 3.05) is 0 Å². The Morgan fingerprint density at radius 3 is 1.57 bits per heavy atom. The van der Waals surface area contributed by atoms with Gasteiger partial charge >= 0.3 is 11.9 Å². The van der Waals surface area contributed by atoms with E-state index >= 15 is 0 Å². The average molecular weight is 298 g/mol. The Kier molecular flexibility index (Phi) is 6.24. The fraction of sp³-hybridized carbons (Fsp3) is 0.882. The van der Waals surface area contributed by atoms with Gasteiger partial charge in [-0.1, -0.05) is 45.4 Å². The molecule has 0 spiro atoms. The Hall–Kier alpha value is -1.06. The van der Waals surface area contributed by atoms with Crippen LogP contribution in [0.15, 0.2) is 0 Å². The van der Waals surface area contributed by atoms with Gasteiger partial charge < -0.3 is 10.2 Å². The van der Waals surface area contributed by atoms with Crippen LogP contribution in [0.5, 0.6) is 0 Å². The second-order valence-electron chi connectivity index (χ2n) is 7.24. The summed E-state index contributed by atoms with van der Waals surface area (Å²) in [6, 6.07) is 0. The maximum atomic E-state index is 11.3. The third-order valence-electron chi connectivity index (χ3n) is 5.56. The van der Waals surface area contributed by atoms with Crippen molar-refractivity contribution >= 4 is 11.9 Å². The second kappa shape index (κ2) is 7.28. The molecule has 0 aromatic carbocycles. The highest BCUT2D eigenvalue weighted by atomic mass is 16.4. The second-order valence-corrected chi connectivity index (χ2v) is 7.24. The van der Waals surface area contributed by atoms with Gasteiger partial charge in [0.25, 0.3) is 0 Å². The van der Waals surface area contributed by atoms with Gasteiger partial charge in [0.2, 0.25) is 0 Å². The van der Waals surface area contributed by atoms with E-state index in [1.54, 1.807) is 13.8 Å². The van der Waals surface area contributed by atoms with Crippen LogP contribution in [0, 0.1) is 16.7 Å². The van der Waals surface area contributed by atoms with Gasteiger partial charge in [-0.05, 0) is 39.0 Å². The fourth-order valence-electron chi connectivity index (χ4n) is 3.56. The molecule has 122 valence electrons. The zero-order chi connectivity index (χ0) is 16.1. The summed E-state index contributed by atoms with van der Waals surface area (Å²) < 4.78 is 0. The van der Waals surface area contributed by atoms with Crippen LogP contribution in [-0.2, 0) is 9.59 Å². The van der Waals surface area contributed by atoms with Crippen LogP contribution >= 0.6 is 0 Å². The van der Waals surface area contributed by atoms with Gasteiger partial charge in [-0.2, -0.15) is 0 Å². The van der Waals surface area contributed by atoms with Crippen molar-refractivity contribution in [1.82, 2.24) is 0 Å². The molecule has 0 aromatic rings. The average Bonchev–Trinajstić information content (AvgIpc) is 2.45. The molecular formula is C17H30O4. The van der Waals surface area contributed by atoms with Crippen LogP contribution in [0.2, 0.25) is 0 Å². The summed E-state index contributed by atoms with van der Waals surface area (Å²) in [5, 5.41) is 18.4. The number of hydrogen-bond acceptors (Lipinski definition) is 2. The van der Waals surface area contributed by atoms with Crippen molar-refractivity contribution in [2.45, 2.75) is 78.6 Å². The van der Waals surface area contributed by atoms with Gasteiger partial charge in [0.1, 0.15) is 0 Å². The highest BCUT2D eigenvalue weighted by molar-refractivity contribution is 5.86.